The second-order valence-corrected chi connectivity index (χ2v) is 4.04. The molecule has 0 aliphatic carbocycles. The van der Waals surface area contributed by atoms with Gasteiger partial charge in [0.25, 0.3) is 0 Å². The number of rotatable bonds is 6. The van der Waals surface area contributed by atoms with Crippen LogP contribution in [0.1, 0.15) is 17.7 Å². The Balaban J connectivity index is 2.09. The predicted molar refractivity (Wildman–Crippen MR) is 57.4 cm³/mol. The number of carbonyl (C=O) groups is 1. The van der Waals surface area contributed by atoms with E-state index in [2.05, 4.69) is 5.32 Å². The van der Waals surface area contributed by atoms with E-state index in [0.29, 0.717) is 19.4 Å². The molecule has 0 saturated carbocycles. The molecule has 1 heterocycles. The quantitative estimate of drug-likeness (QED) is 0.697. The van der Waals surface area contributed by atoms with Crippen molar-refractivity contribution in [3.63, 3.8) is 0 Å². The minimum atomic E-state index is 0.0619. The van der Waals surface area contributed by atoms with Crippen molar-refractivity contribution < 1.29 is 9.90 Å². The summed E-state index contributed by atoms with van der Waals surface area (Å²) in [6, 6.07) is 4.02. The maximum atomic E-state index is 11.2. The lowest BCUT2D eigenvalue weighted by Crippen LogP contribution is -2.25. The molecule has 1 aromatic rings. The van der Waals surface area contributed by atoms with Crippen molar-refractivity contribution in [1.82, 2.24) is 5.32 Å². The molecule has 3 nitrogen and oxygen atoms in total. The summed E-state index contributed by atoms with van der Waals surface area (Å²) in [6.07, 6.45) is 1.97. The normalized spacial score (nSPS) is 10.1. The van der Waals surface area contributed by atoms with Gasteiger partial charge in [-0.05, 0) is 24.3 Å². The molecule has 0 aliphatic heterocycles. The average Bonchev–Trinajstić information content (AvgIpc) is 2.68. The topological polar surface area (TPSA) is 49.3 Å². The molecule has 0 atom stereocenters. The fourth-order valence-electron chi connectivity index (χ4n) is 1.09. The lowest BCUT2D eigenvalue weighted by atomic mass is 10.2. The third-order valence-electron chi connectivity index (χ3n) is 1.84. The number of nitrogens with one attached hydrogen (secondary N) is 1. The first-order valence-corrected chi connectivity index (χ1v) is 5.61. The Morgan fingerprint density at radius 3 is 3.07 bits per heavy atom. The molecule has 0 saturated heterocycles. The highest BCUT2D eigenvalue weighted by Gasteiger charge is 2.01. The summed E-state index contributed by atoms with van der Waals surface area (Å²) in [6.45, 7) is 0.699. The third-order valence-corrected chi connectivity index (χ3v) is 2.77. The lowest BCUT2D eigenvalue weighted by molar-refractivity contribution is -0.121. The van der Waals surface area contributed by atoms with E-state index in [9.17, 15) is 4.79 Å². The van der Waals surface area contributed by atoms with Gasteiger partial charge in [-0.1, -0.05) is 6.07 Å². The van der Waals surface area contributed by atoms with Crippen LogP contribution in [0.3, 0.4) is 0 Å². The van der Waals surface area contributed by atoms with Gasteiger partial charge >= 0.3 is 0 Å². The van der Waals surface area contributed by atoms with Crippen molar-refractivity contribution in [3.8, 4) is 0 Å². The first-order valence-electron chi connectivity index (χ1n) is 4.73. The minimum absolute atomic E-state index is 0.0619. The molecular weight excluding hydrogens is 198 g/mol. The summed E-state index contributed by atoms with van der Waals surface area (Å²) in [5.74, 6) is 0.0619. The lowest BCUT2D eigenvalue weighted by Gasteiger charge is -2.02. The first kappa shape index (κ1) is 11.2. The number of aliphatic hydroxyl groups excluding tert-OH is 1. The molecule has 0 bridgehead atoms. The summed E-state index contributed by atoms with van der Waals surface area (Å²) in [5.41, 5.74) is 0. The third kappa shape index (κ3) is 4.39. The van der Waals surface area contributed by atoms with Crippen LogP contribution in [0.25, 0.3) is 0 Å². The van der Waals surface area contributed by atoms with Gasteiger partial charge in [-0.25, -0.2) is 0 Å². The predicted octanol–water partition coefficient (Wildman–Crippen LogP) is 1.18. The monoisotopic (exact) mass is 213 g/mol. The number of amides is 1. The molecule has 0 spiro atoms. The van der Waals surface area contributed by atoms with E-state index in [1.165, 1.54) is 4.88 Å². The highest BCUT2D eigenvalue weighted by Crippen LogP contribution is 2.10. The van der Waals surface area contributed by atoms with Crippen LogP contribution in [0, 0.1) is 0 Å². The fourth-order valence-corrected chi connectivity index (χ4v) is 1.80. The van der Waals surface area contributed by atoms with Crippen molar-refractivity contribution in [2.75, 3.05) is 13.2 Å². The van der Waals surface area contributed by atoms with Crippen LogP contribution in [0.15, 0.2) is 17.5 Å². The van der Waals surface area contributed by atoms with Crippen LogP contribution in [0.4, 0.5) is 0 Å². The molecule has 1 rings (SSSR count). The molecule has 0 fully saturated rings. The van der Waals surface area contributed by atoms with Crippen LogP contribution < -0.4 is 5.32 Å². The fraction of sp³-hybridized carbons (Fsp3) is 0.500. The molecule has 2 N–H and O–H groups in total. The summed E-state index contributed by atoms with van der Waals surface area (Å²) in [7, 11) is 0. The second kappa shape index (κ2) is 6.56. The van der Waals surface area contributed by atoms with Crippen molar-refractivity contribution in [3.05, 3.63) is 22.4 Å². The van der Waals surface area contributed by atoms with Gasteiger partial charge in [-0.3, -0.25) is 4.79 Å². The van der Waals surface area contributed by atoms with E-state index in [4.69, 9.17) is 5.11 Å². The van der Waals surface area contributed by atoms with Gasteiger partial charge in [0.1, 0.15) is 0 Å². The molecule has 0 aliphatic rings. The van der Waals surface area contributed by atoms with Gasteiger partial charge in [-0.2, -0.15) is 0 Å². The molecule has 4 heteroatoms. The van der Waals surface area contributed by atoms with Gasteiger partial charge in [-0.15, -0.1) is 11.3 Å². The Morgan fingerprint density at radius 1 is 1.57 bits per heavy atom. The van der Waals surface area contributed by atoms with Crippen molar-refractivity contribution in [1.29, 1.82) is 0 Å². The molecule has 14 heavy (non-hydrogen) atoms. The maximum Gasteiger partial charge on any atom is 0.220 e. The maximum absolute atomic E-state index is 11.2. The van der Waals surface area contributed by atoms with E-state index in [1.54, 1.807) is 11.3 Å². The van der Waals surface area contributed by atoms with E-state index in [1.807, 2.05) is 17.5 Å². The highest BCUT2D eigenvalue weighted by atomic mass is 32.1. The van der Waals surface area contributed by atoms with Crippen LogP contribution in [-0.2, 0) is 11.2 Å². The summed E-state index contributed by atoms with van der Waals surface area (Å²) in [4.78, 5) is 12.5. The zero-order chi connectivity index (χ0) is 10.2. The Hall–Kier alpha value is -0.870. The van der Waals surface area contributed by atoms with Crippen LogP contribution in [-0.4, -0.2) is 24.2 Å². The number of hydrogen-bond acceptors (Lipinski definition) is 3. The summed E-state index contributed by atoms with van der Waals surface area (Å²) >= 11 is 1.67. The summed E-state index contributed by atoms with van der Waals surface area (Å²) in [5, 5.41) is 13.3. The molecule has 0 unspecified atom stereocenters. The van der Waals surface area contributed by atoms with Crippen LogP contribution in [0.2, 0.25) is 0 Å². The SMILES string of the molecule is O=C(CCc1cccs1)NCCCO. The second-order valence-electron chi connectivity index (χ2n) is 3.01. The van der Waals surface area contributed by atoms with E-state index < -0.39 is 0 Å². The van der Waals surface area contributed by atoms with E-state index >= 15 is 0 Å². The van der Waals surface area contributed by atoms with Crippen LogP contribution >= 0.6 is 11.3 Å². The van der Waals surface area contributed by atoms with Gasteiger partial charge in [0.2, 0.25) is 5.91 Å². The van der Waals surface area contributed by atoms with Gasteiger partial charge in [0, 0.05) is 24.4 Å². The van der Waals surface area contributed by atoms with Crippen molar-refractivity contribution in [2.24, 2.45) is 0 Å². The summed E-state index contributed by atoms with van der Waals surface area (Å²) < 4.78 is 0. The first-order chi connectivity index (χ1) is 6.83. The van der Waals surface area contributed by atoms with Crippen molar-refractivity contribution >= 4 is 17.2 Å². The number of hydrogen-bond donors (Lipinski definition) is 2. The molecular formula is C10H15NO2S. The van der Waals surface area contributed by atoms with Crippen molar-refractivity contribution in [2.45, 2.75) is 19.3 Å². The van der Waals surface area contributed by atoms with Crippen LogP contribution in [0.5, 0.6) is 0 Å². The average molecular weight is 213 g/mol. The number of aliphatic hydroxyl groups is 1. The molecule has 0 aromatic carbocycles. The van der Waals surface area contributed by atoms with Gasteiger partial charge in [0.05, 0.1) is 0 Å². The van der Waals surface area contributed by atoms with Gasteiger partial charge < -0.3 is 10.4 Å². The molecule has 1 amide bonds. The molecule has 0 radical (unpaired) electrons. The Morgan fingerprint density at radius 2 is 2.43 bits per heavy atom. The number of thiophene rings is 1. The number of aryl methyl sites for hydroxylation is 1. The zero-order valence-corrected chi connectivity index (χ0v) is 8.85. The Bertz CT molecular complexity index is 259. The minimum Gasteiger partial charge on any atom is -0.396 e. The Kier molecular flexibility index (Phi) is 5.25. The standard InChI is InChI=1S/C10H15NO2S/c12-7-2-6-11-10(13)5-4-9-3-1-8-14-9/h1,3,8,12H,2,4-7H2,(H,11,13). The smallest absolute Gasteiger partial charge is 0.220 e. The Labute approximate surface area is 87.8 Å². The zero-order valence-electron chi connectivity index (χ0n) is 8.03. The highest BCUT2D eigenvalue weighted by molar-refractivity contribution is 7.09. The van der Waals surface area contributed by atoms with E-state index in [0.717, 1.165) is 6.42 Å². The molecule has 1 aromatic heterocycles. The number of carbonyl (C=O) groups excluding carboxylic acids is 1. The molecule has 78 valence electrons. The van der Waals surface area contributed by atoms with Gasteiger partial charge in [0.15, 0.2) is 0 Å². The van der Waals surface area contributed by atoms with E-state index in [-0.39, 0.29) is 12.5 Å². The largest absolute Gasteiger partial charge is 0.396 e.